The van der Waals surface area contributed by atoms with Gasteiger partial charge in [0.1, 0.15) is 0 Å². The molecule has 3 aromatic rings. The maximum Gasteiger partial charge on any atom is 0.254 e. The first kappa shape index (κ1) is 21.8. The molecule has 1 atom stereocenters. The standard InChI is InChI=1S/C24H30N6O2/c1-16-12-17(2)30(28-16)21-6-4-19(5-7-21)8-10-25-24(32)22-15-27-29-11-9-20(13-23(22)29)14-26-18(3)31/h4-7,12,15,20H,8-11,13-14H2,1-3H3,(H,25,32)(H,26,31). The van der Waals surface area contributed by atoms with E-state index in [9.17, 15) is 9.59 Å². The maximum absolute atomic E-state index is 12.8. The van der Waals surface area contributed by atoms with Crippen molar-refractivity contribution in [3.8, 4) is 5.69 Å². The number of fused-ring (bicyclic) bond motifs is 1. The summed E-state index contributed by atoms with van der Waals surface area (Å²) >= 11 is 0. The van der Waals surface area contributed by atoms with Gasteiger partial charge in [-0.05, 0) is 62.8 Å². The highest BCUT2D eigenvalue weighted by molar-refractivity contribution is 5.95. The van der Waals surface area contributed by atoms with Crippen LogP contribution >= 0.6 is 0 Å². The molecule has 1 aliphatic heterocycles. The van der Waals surface area contributed by atoms with E-state index in [-0.39, 0.29) is 11.8 Å². The summed E-state index contributed by atoms with van der Waals surface area (Å²) in [5, 5.41) is 14.8. The lowest BCUT2D eigenvalue weighted by atomic mass is 9.94. The molecule has 2 amide bonds. The topological polar surface area (TPSA) is 93.8 Å². The van der Waals surface area contributed by atoms with Crippen molar-refractivity contribution in [1.29, 1.82) is 0 Å². The van der Waals surface area contributed by atoms with E-state index in [1.165, 1.54) is 6.92 Å². The molecule has 0 aliphatic carbocycles. The summed E-state index contributed by atoms with van der Waals surface area (Å²) in [5.74, 6) is 0.214. The molecule has 1 aliphatic rings. The number of carbonyl (C=O) groups is 2. The number of benzene rings is 1. The van der Waals surface area contributed by atoms with Crippen LogP contribution in [-0.2, 0) is 24.2 Å². The minimum absolute atomic E-state index is 0.0232. The lowest BCUT2D eigenvalue weighted by Gasteiger charge is -2.24. The fraction of sp³-hybridized carbons (Fsp3) is 0.417. The van der Waals surface area contributed by atoms with E-state index in [1.807, 2.05) is 23.2 Å². The van der Waals surface area contributed by atoms with Gasteiger partial charge in [0.15, 0.2) is 0 Å². The third kappa shape index (κ3) is 4.90. The van der Waals surface area contributed by atoms with E-state index >= 15 is 0 Å². The molecule has 168 valence electrons. The lowest BCUT2D eigenvalue weighted by Crippen LogP contribution is -2.33. The third-order valence-electron chi connectivity index (χ3n) is 5.95. The second kappa shape index (κ2) is 9.38. The van der Waals surface area contributed by atoms with Gasteiger partial charge >= 0.3 is 0 Å². The zero-order chi connectivity index (χ0) is 22.7. The van der Waals surface area contributed by atoms with E-state index in [1.54, 1.807) is 6.20 Å². The zero-order valence-corrected chi connectivity index (χ0v) is 18.9. The Hall–Kier alpha value is -3.42. The summed E-state index contributed by atoms with van der Waals surface area (Å²) in [4.78, 5) is 24.0. The highest BCUT2D eigenvalue weighted by Gasteiger charge is 2.25. The van der Waals surface area contributed by atoms with Gasteiger partial charge in [-0.1, -0.05) is 12.1 Å². The summed E-state index contributed by atoms with van der Waals surface area (Å²) in [5.41, 5.74) is 5.88. The molecule has 0 fully saturated rings. The van der Waals surface area contributed by atoms with Gasteiger partial charge in [-0.3, -0.25) is 14.3 Å². The van der Waals surface area contributed by atoms with Gasteiger partial charge in [-0.25, -0.2) is 4.68 Å². The van der Waals surface area contributed by atoms with Crippen LogP contribution < -0.4 is 10.6 Å². The third-order valence-corrected chi connectivity index (χ3v) is 5.95. The molecule has 8 heteroatoms. The largest absolute Gasteiger partial charge is 0.356 e. The van der Waals surface area contributed by atoms with Crippen LogP contribution in [0.4, 0.5) is 0 Å². The summed E-state index contributed by atoms with van der Waals surface area (Å²) in [6.07, 6.45) is 4.10. The minimum Gasteiger partial charge on any atom is -0.356 e. The Morgan fingerprint density at radius 1 is 1.16 bits per heavy atom. The predicted molar refractivity (Wildman–Crippen MR) is 122 cm³/mol. The average molecular weight is 435 g/mol. The molecule has 0 saturated carbocycles. The lowest BCUT2D eigenvalue weighted by molar-refractivity contribution is -0.119. The first-order chi connectivity index (χ1) is 15.4. The monoisotopic (exact) mass is 434 g/mol. The molecule has 0 spiro atoms. The molecule has 3 heterocycles. The van der Waals surface area contributed by atoms with Gasteiger partial charge in [-0.15, -0.1) is 0 Å². The Bertz CT molecular complexity index is 1110. The molecule has 1 unspecified atom stereocenters. The number of nitrogens with one attached hydrogen (secondary N) is 2. The van der Waals surface area contributed by atoms with Crippen LogP contribution in [0.15, 0.2) is 36.5 Å². The van der Waals surface area contributed by atoms with Gasteiger partial charge in [0.2, 0.25) is 5.91 Å². The molecular weight excluding hydrogens is 404 g/mol. The number of amides is 2. The van der Waals surface area contributed by atoms with Crippen LogP contribution in [0.2, 0.25) is 0 Å². The fourth-order valence-electron chi connectivity index (χ4n) is 4.26. The zero-order valence-electron chi connectivity index (χ0n) is 18.9. The predicted octanol–water partition coefficient (Wildman–Crippen LogP) is 2.36. The Morgan fingerprint density at radius 2 is 1.94 bits per heavy atom. The van der Waals surface area contributed by atoms with E-state index < -0.39 is 0 Å². The maximum atomic E-state index is 12.8. The van der Waals surface area contributed by atoms with Crippen molar-refractivity contribution in [2.24, 2.45) is 5.92 Å². The Morgan fingerprint density at radius 3 is 2.62 bits per heavy atom. The average Bonchev–Trinajstić information content (AvgIpc) is 3.34. The highest BCUT2D eigenvalue weighted by atomic mass is 16.2. The van der Waals surface area contributed by atoms with E-state index in [0.29, 0.717) is 24.6 Å². The summed E-state index contributed by atoms with van der Waals surface area (Å²) in [6.45, 7) is 7.52. The second-order valence-electron chi connectivity index (χ2n) is 8.54. The fourth-order valence-corrected chi connectivity index (χ4v) is 4.26. The Labute approximate surface area is 188 Å². The highest BCUT2D eigenvalue weighted by Crippen LogP contribution is 2.22. The molecule has 2 aromatic heterocycles. The van der Waals surface area contributed by atoms with Crippen molar-refractivity contribution in [3.05, 3.63) is 64.7 Å². The summed E-state index contributed by atoms with van der Waals surface area (Å²) < 4.78 is 3.85. The molecule has 2 N–H and O–H groups in total. The number of rotatable bonds is 7. The normalized spacial score (nSPS) is 15.3. The number of hydrogen-bond donors (Lipinski definition) is 2. The number of aryl methyl sites for hydroxylation is 3. The van der Waals surface area contributed by atoms with Gasteiger partial charge < -0.3 is 10.6 Å². The number of carbonyl (C=O) groups excluding carboxylic acids is 2. The second-order valence-corrected chi connectivity index (χ2v) is 8.54. The van der Waals surface area contributed by atoms with Crippen LogP contribution in [0.3, 0.4) is 0 Å². The van der Waals surface area contributed by atoms with Gasteiger partial charge in [0, 0.05) is 32.3 Å². The number of hydrogen-bond acceptors (Lipinski definition) is 4. The molecule has 0 radical (unpaired) electrons. The van der Waals surface area contributed by atoms with Crippen molar-refractivity contribution in [2.75, 3.05) is 13.1 Å². The molecule has 4 rings (SSSR count). The summed E-state index contributed by atoms with van der Waals surface area (Å²) in [6, 6.07) is 10.3. The Kier molecular flexibility index (Phi) is 6.39. The molecule has 1 aromatic carbocycles. The number of aromatic nitrogens is 4. The van der Waals surface area contributed by atoms with Gasteiger partial charge in [0.05, 0.1) is 28.8 Å². The smallest absolute Gasteiger partial charge is 0.254 e. The van der Waals surface area contributed by atoms with Crippen LogP contribution in [0.5, 0.6) is 0 Å². The van der Waals surface area contributed by atoms with Crippen molar-refractivity contribution >= 4 is 11.8 Å². The van der Waals surface area contributed by atoms with Crippen LogP contribution in [0.25, 0.3) is 5.69 Å². The van der Waals surface area contributed by atoms with E-state index in [4.69, 9.17) is 0 Å². The van der Waals surface area contributed by atoms with Crippen LogP contribution in [0, 0.1) is 19.8 Å². The van der Waals surface area contributed by atoms with Crippen molar-refractivity contribution in [1.82, 2.24) is 30.2 Å². The molecule has 8 nitrogen and oxygen atoms in total. The Balaban J connectivity index is 1.32. The first-order valence-corrected chi connectivity index (χ1v) is 11.1. The van der Waals surface area contributed by atoms with E-state index in [0.717, 1.165) is 54.1 Å². The summed E-state index contributed by atoms with van der Waals surface area (Å²) in [7, 11) is 0. The van der Waals surface area contributed by atoms with Crippen molar-refractivity contribution in [3.63, 3.8) is 0 Å². The molecule has 0 bridgehead atoms. The molecule has 32 heavy (non-hydrogen) atoms. The first-order valence-electron chi connectivity index (χ1n) is 11.1. The molecular formula is C24H30N6O2. The van der Waals surface area contributed by atoms with Gasteiger partial charge in [0.25, 0.3) is 5.91 Å². The molecule has 0 saturated heterocycles. The van der Waals surface area contributed by atoms with E-state index in [2.05, 4.69) is 51.2 Å². The SMILES string of the molecule is CC(=O)NCC1CCn2ncc(C(=O)NCCc3ccc(-n4nc(C)cc4C)cc3)c2C1. The number of nitrogens with zero attached hydrogens (tertiary/aromatic N) is 4. The van der Waals surface area contributed by atoms with Crippen LogP contribution in [0.1, 0.15) is 46.3 Å². The van der Waals surface area contributed by atoms with Crippen molar-refractivity contribution < 1.29 is 9.59 Å². The quantitative estimate of drug-likeness (QED) is 0.597. The van der Waals surface area contributed by atoms with Crippen LogP contribution in [-0.4, -0.2) is 44.5 Å². The van der Waals surface area contributed by atoms with Gasteiger partial charge in [-0.2, -0.15) is 10.2 Å². The van der Waals surface area contributed by atoms with Crippen molar-refractivity contribution in [2.45, 2.75) is 46.6 Å². The minimum atomic E-state index is -0.0920.